The summed E-state index contributed by atoms with van der Waals surface area (Å²) in [5.74, 6) is -2.94. The third kappa shape index (κ3) is 3.83. The minimum Gasteiger partial charge on any atom is -0.383 e. The molecular formula is C19H15Cl2F3N6O3. The molecule has 1 aliphatic rings. The van der Waals surface area contributed by atoms with Crippen LogP contribution in [0.1, 0.15) is 10.5 Å². The average molecular weight is 503 g/mol. The highest BCUT2D eigenvalue weighted by Crippen LogP contribution is 2.45. The van der Waals surface area contributed by atoms with Gasteiger partial charge < -0.3 is 15.4 Å². The molecule has 174 valence electrons. The first-order valence-corrected chi connectivity index (χ1v) is 10.1. The van der Waals surface area contributed by atoms with Gasteiger partial charge in [0.1, 0.15) is 11.5 Å². The number of hydrogen-bond donors (Lipinski definition) is 3. The SMILES string of the molecule is COCCNc1cccc(C(=O)NC2(C(F)(F)F)C(=O)Nc3nc4cc(Cl)c(Cl)cc4n32)n1. The van der Waals surface area contributed by atoms with Crippen LogP contribution in [-0.4, -0.2) is 52.8 Å². The van der Waals surface area contributed by atoms with Gasteiger partial charge in [-0.25, -0.2) is 9.97 Å². The predicted molar refractivity (Wildman–Crippen MR) is 114 cm³/mol. The number of nitrogens with zero attached hydrogens (tertiary/aromatic N) is 3. The Morgan fingerprint density at radius 2 is 1.97 bits per heavy atom. The monoisotopic (exact) mass is 502 g/mol. The second kappa shape index (κ2) is 8.36. The molecule has 0 saturated heterocycles. The van der Waals surface area contributed by atoms with Gasteiger partial charge in [-0.2, -0.15) is 13.2 Å². The molecular weight excluding hydrogens is 488 g/mol. The summed E-state index contributed by atoms with van der Waals surface area (Å²) in [5, 5.41) is 6.77. The van der Waals surface area contributed by atoms with Gasteiger partial charge in [0.2, 0.25) is 5.95 Å². The predicted octanol–water partition coefficient (Wildman–Crippen LogP) is 3.39. The van der Waals surface area contributed by atoms with E-state index < -0.39 is 29.6 Å². The van der Waals surface area contributed by atoms with Crippen LogP contribution in [0.3, 0.4) is 0 Å². The van der Waals surface area contributed by atoms with Crippen LogP contribution in [0.2, 0.25) is 10.0 Å². The molecule has 1 aromatic carbocycles. The Labute approximate surface area is 194 Å². The maximum absolute atomic E-state index is 14.5. The zero-order valence-corrected chi connectivity index (χ0v) is 18.3. The maximum atomic E-state index is 14.5. The number of hydrogen-bond acceptors (Lipinski definition) is 6. The Kier molecular flexibility index (Phi) is 5.85. The van der Waals surface area contributed by atoms with Crippen LogP contribution in [0.25, 0.3) is 11.0 Å². The first-order chi connectivity index (χ1) is 15.6. The average Bonchev–Trinajstić information content (AvgIpc) is 3.22. The standard InChI is InChI=1S/C19H15Cl2F3N6O3/c1-33-6-5-25-14-4-2-3-11(26-14)15(31)29-18(19(22,23)24)16(32)28-17-27-12-7-9(20)10(21)8-13(12)30(17)18/h2-4,7-8H,5-6H2,1H3,(H,25,26)(H,29,31)(H,27,28,32). The largest absolute Gasteiger partial charge is 0.440 e. The molecule has 3 heterocycles. The van der Waals surface area contributed by atoms with E-state index in [0.29, 0.717) is 17.7 Å². The summed E-state index contributed by atoms with van der Waals surface area (Å²) in [4.78, 5) is 33.5. The van der Waals surface area contributed by atoms with Crippen molar-refractivity contribution >= 4 is 57.8 Å². The molecule has 33 heavy (non-hydrogen) atoms. The molecule has 2 aromatic heterocycles. The number of nitrogens with one attached hydrogen (secondary N) is 3. The van der Waals surface area contributed by atoms with Crippen LogP contribution >= 0.6 is 23.2 Å². The second-order valence-corrected chi connectivity index (χ2v) is 7.78. The highest BCUT2D eigenvalue weighted by Gasteiger charge is 2.67. The van der Waals surface area contributed by atoms with Gasteiger partial charge in [0.15, 0.2) is 0 Å². The molecule has 0 saturated carbocycles. The summed E-state index contributed by atoms with van der Waals surface area (Å²) in [7, 11) is 1.50. The van der Waals surface area contributed by atoms with Crippen molar-refractivity contribution < 1.29 is 27.5 Å². The number of methoxy groups -OCH3 is 1. The zero-order valence-electron chi connectivity index (χ0n) is 16.8. The number of ether oxygens (including phenoxy) is 1. The number of amides is 2. The van der Waals surface area contributed by atoms with Crippen LogP contribution in [0.4, 0.5) is 24.9 Å². The van der Waals surface area contributed by atoms with E-state index in [4.69, 9.17) is 27.9 Å². The van der Waals surface area contributed by atoms with Crippen LogP contribution in [0.5, 0.6) is 0 Å². The Morgan fingerprint density at radius 1 is 1.24 bits per heavy atom. The van der Waals surface area contributed by atoms with Gasteiger partial charge in [-0.1, -0.05) is 29.3 Å². The summed E-state index contributed by atoms with van der Waals surface area (Å²) in [5.41, 5.74) is -3.94. The van der Waals surface area contributed by atoms with E-state index in [1.54, 1.807) is 0 Å². The molecule has 0 aliphatic carbocycles. The van der Waals surface area contributed by atoms with Crippen LogP contribution < -0.4 is 16.0 Å². The van der Waals surface area contributed by atoms with Gasteiger partial charge in [-0.3, -0.25) is 19.5 Å². The number of benzene rings is 1. The van der Waals surface area contributed by atoms with E-state index in [2.05, 4.69) is 20.6 Å². The highest BCUT2D eigenvalue weighted by atomic mass is 35.5. The zero-order chi connectivity index (χ0) is 24.0. The van der Waals surface area contributed by atoms with Crippen molar-refractivity contribution in [1.82, 2.24) is 19.9 Å². The molecule has 14 heteroatoms. The van der Waals surface area contributed by atoms with E-state index >= 15 is 0 Å². The lowest BCUT2D eigenvalue weighted by Crippen LogP contribution is -2.63. The van der Waals surface area contributed by atoms with Crippen LogP contribution in [-0.2, 0) is 15.2 Å². The Balaban J connectivity index is 1.78. The number of anilines is 2. The molecule has 0 bridgehead atoms. The minimum atomic E-state index is -5.26. The maximum Gasteiger partial charge on any atom is 0.440 e. The van der Waals surface area contributed by atoms with Gasteiger partial charge in [0.05, 0.1) is 27.7 Å². The number of imidazole rings is 1. The number of fused-ring (bicyclic) bond motifs is 3. The smallest absolute Gasteiger partial charge is 0.383 e. The molecule has 9 nitrogen and oxygen atoms in total. The van der Waals surface area contributed by atoms with Crippen molar-refractivity contribution in [2.24, 2.45) is 0 Å². The Bertz CT molecular complexity index is 1270. The number of pyridine rings is 1. The number of halogens is 5. The van der Waals surface area contributed by atoms with Gasteiger partial charge in [-0.05, 0) is 24.3 Å². The molecule has 1 atom stereocenters. The fourth-order valence-corrected chi connectivity index (χ4v) is 3.71. The van der Waals surface area contributed by atoms with E-state index in [1.807, 2.05) is 5.32 Å². The number of carbonyl (C=O) groups excluding carboxylic acids is 2. The number of aromatic nitrogens is 3. The third-order valence-corrected chi connectivity index (χ3v) is 5.61. The summed E-state index contributed by atoms with van der Waals surface area (Å²) in [6.07, 6.45) is -5.26. The lowest BCUT2D eigenvalue weighted by molar-refractivity contribution is -0.213. The van der Waals surface area contributed by atoms with E-state index in [9.17, 15) is 22.8 Å². The van der Waals surface area contributed by atoms with Crippen molar-refractivity contribution in [2.45, 2.75) is 11.8 Å². The fraction of sp³-hybridized carbons (Fsp3) is 0.263. The van der Waals surface area contributed by atoms with Crippen molar-refractivity contribution in [3.05, 3.63) is 46.1 Å². The first kappa shape index (κ1) is 23.1. The van der Waals surface area contributed by atoms with Gasteiger partial charge in [-0.15, -0.1) is 0 Å². The van der Waals surface area contributed by atoms with Crippen molar-refractivity contribution in [1.29, 1.82) is 0 Å². The molecule has 3 N–H and O–H groups in total. The summed E-state index contributed by atoms with van der Waals surface area (Å²) in [6.45, 7) is 0.704. The Hall–Kier alpha value is -3.09. The molecule has 2 amide bonds. The quantitative estimate of drug-likeness (QED) is 0.445. The normalized spacial score (nSPS) is 17.7. The van der Waals surface area contributed by atoms with E-state index in [1.165, 1.54) is 31.4 Å². The summed E-state index contributed by atoms with van der Waals surface area (Å²) in [6, 6.07) is 6.59. The lowest BCUT2D eigenvalue weighted by Gasteiger charge is -2.31. The minimum absolute atomic E-state index is 0.0461. The lowest BCUT2D eigenvalue weighted by atomic mass is 10.1. The van der Waals surface area contributed by atoms with Crippen LogP contribution in [0.15, 0.2) is 30.3 Å². The number of alkyl halides is 3. The number of rotatable bonds is 6. The molecule has 1 unspecified atom stereocenters. The topological polar surface area (TPSA) is 110 Å². The van der Waals surface area contributed by atoms with Gasteiger partial charge in [0, 0.05) is 13.7 Å². The molecule has 0 spiro atoms. The Morgan fingerprint density at radius 3 is 2.67 bits per heavy atom. The summed E-state index contributed by atoms with van der Waals surface area (Å²) >= 11 is 11.9. The van der Waals surface area contributed by atoms with Crippen molar-refractivity contribution in [2.75, 3.05) is 30.9 Å². The third-order valence-electron chi connectivity index (χ3n) is 4.88. The molecule has 1 aliphatic heterocycles. The molecule has 3 aromatic rings. The van der Waals surface area contributed by atoms with E-state index in [-0.39, 0.29) is 32.6 Å². The van der Waals surface area contributed by atoms with E-state index in [0.717, 1.165) is 6.07 Å². The van der Waals surface area contributed by atoms with Crippen LogP contribution in [0, 0.1) is 0 Å². The summed E-state index contributed by atoms with van der Waals surface area (Å²) < 4.78 is 48.8. The molecule has 0 fully saturated rings. The first-order valence-electron chi connectivity index (χ1n) is 9.37. The number of carbonyl (C=O) groups is 2. The highest BCUT2D eigenvalue weighted by molar-refractivity contribution is 6.42. The molecule has 0 radical (unpaired) electrons. The molecule has 4 rings (SSSR count). The van der Waals surface area contributed by atoms with Gasteiger partial charge in [0.25, 0.3) is 17.5 Å². The van der Waals surface area contributed by atoms with Crippen molar-refractivity contribution in [3.8, 4) is 0 Å². The van der Waals surface area contributed by atoms with Crippen molar-refractivity contribution in [3.63, 3.8) is 0 Å². The van der Waals surface area contributed by atoms with Gasteiger partial charge >= 0.3 is 6.18 Å². The second-order valence-electron chi connectivity index (χ2n) is 6.97. The fourth-order valence-electron chi connectivity index (χ4n) is 3.40.